The van der Waals surface area contributed by atoms with Crippen LogP contribution in [-0.4, -0.2) is 47.7 Å². The number of nitrogens with one attached hydrogen (secondary N) is 1. The van der Waals surface area contributed by atoms with Gasteiger partial charge in [0.25, 0.3) is 0 Å². The van der Waals surface area contributed by atoms with Crippen LogP contribution in [0.2, 0.25) is 0 Å². The molecule has 0 rings (SSSR count). The summed E-state index contributed by atoms with van der Waals surface area (Å²) in [7, 11) is 2.04. The Morgan fingerprint density at radius 1 is 1.50 bits per heavy atom. The molecule has 4 nitrogen and oxygen atoms in total. The Bertz CT molecular complexity index is 221. The van der Waals surface area contributed by atoms with Gasteiger partial charge in [-0.25, -0.2) is 0 Å². The summed E-state index contributed by atoms with van der Waals surface area (Å²) in [5.41, 5.74) is -0.823. The second kappa shape index (κ2) is 6.86. The van der Waals surface area contributed by atoms with Gasteiger partial charge in [-0.3, -0.25) is 4.79 Å². The molecule has 2 unspecified atom stereocenters. The molecule has 0 aliphatic rings. The molecule has 0 heterocycles. The first-order valence-electron chi connectivity index (χ1n) is 6.06. The molecule has 0 aliphatic heterocycles. The summed E-state index contributed by atoms with van der Waals surface area (Å²) in [5.74, 6) is -0.772. The average molecular weight is 230 g/mol. The van der Waals surface area contributed by atoms with Crippen LogP contribution in [0.3, 0.4) is 0 Å². The van der Waals surface area contributed by atoms with Gasteiger partial charge in [-0.15, -0.1) is 0 Å². The molecular weight excluding hydrogens is 204 g/mol. The van der Waals surface area contributed by atoms with Gasteiger partial charge in [-0.2, -0.15) is 0 Å². The van der Waals surface area contributed by atoms with E-state index < -0.39 is 11.5 Å². The van der Waals surface area contributed by atoms with E-state index in [4.69, 9.17) is 0 Å². The summed E-state index contributed by atoms with van der Waals surface area (Å²) in [6.07, 6.45) is 1.71. The minimum atomic E-state index is -0.823. The predicted octanol–water partition coefficient (Wildman–Crippen LogP) is 1.56. The molecule has 0 fully saturated rings. The number of hydrogen-bond donors (Lipinski definition) is 2. The van der Waals surface area contributed by atoms with Crippen molar-refractivity contribution >= 4 is 5.97 Å². The van der Waals surface area contributed by atoms with E-state index in [-0.39, 0.29) is 6.04 Å². The highest BCUT2D eigenvalue weighted by Crippen LogP contribution is 2.16. The lowest BCUT2D eigenvalue weighted by Gasteiger charge is -2.33. The Labute approximate surface area is 99.0 Å². The van der Waals surface area contributed by atoms with Crippen LogP contribution in [-0.2, 0) is 4.79 Å². The van der Waals surface area contributed by atoms with E-state index in [9.17, 15) is 9.90 Å². The molecule has 0 aliphatic carbocycles. The Kier molecular flexibility index (Phi) is 6.60. The fourth-order valence-corrected chi connectivity index (χ4v) is 1.95. The van der Waals surface area contributed by atoms with Crippen molar-refractivity contribution in [2.24, 2.45) is 0 Å². The van der Waals surface area contributed by atoms with Crippen molar-refractivity contribution in [1.82, 2.24) is 10.2 Å². The third-order valence-electron chi connectivity index (χ3n) is 3.07. The zero-order chi connectivity index (χ0) is 12.8. The molecule has 0 bridgehead atoms. The lowest BCUT2D eigenvalue weighted by atomic mass is 9.93. The van der Waals surface area contributed by atoms with Crippen molar-refractivity contribution in [1.29, 1.82) is 0 Å². The Morgan fingerprint density at radius 2 is 2.06 bits per heavy atom. The normalized spacial score (nSPS) is 17.1. The van der Waals surface area contributed by atoms with Crippen LogP contribution in [0, 0.1) is 0 Å². The quantitative estimate of drug-likeness (QED) is 0.664. The highest BCUT2D eigenvalue weighted by Gasteiger charge is 2.34. The number of likely N-dealkylation sites (N-methyl/N-ethyl adjacent to an activating group) is 1. The molecule has 2 atom stereocenters. The summed E-state index contributed by atoms with van der Waals surface area (Å²) < 4.78 is 0. The number of nitrogens with zero attached hydrogens (tertiary/aromatic N) is 1. The first kappa shape index (κ1) is 15.4. The lowest BCUT2D eigenvalue weighted by molar-refractivity contribution is -0.145. The zero-order valence-electron chi connectivity index (χ0n) is 11.2. The SMILES string of the molecule is CCCN(C)C(C)CC(C)(NCC)C(=O)O. The van der Waals surface area contributed by atoms with Crippen LogP contribution in [0.15, 0.2) is 0 Å². The summed E-state index contributed by atoms with van der Waals surface area (Å²) in [6, 6.07) is 0.264. The molecular formula is C12H26N2O2. The number of hydrogen-bond acceptors (Lipinski definition) is 3. The van der Waals surface area contributed by atoms with Crippen LogP contribution >= 0.6 is 0 Å². The molecule has 4 heteroatoms. The van der Waals surface area contributed by atoms with E-state index in [1.165, 1.54) is 0 Å². The molecule has 16 heavy (non-hydrogen) atoms. The van der Waals surface area contributed by atoms with Crippen LogP contribution in [0.1, 0.15) is 40.5 Å². The van der Waals surface area contributed by atoms with E-state index in [1.54, 1.807) is 6.92 Å². The molecule has 2 N–H and O–H groups in total. The Balaban J connectivity index is 4.45. The van der Waals surface area contributed by atoms with Gasteiger partial charge in [0.05, 0.1) is 0 Å². The molecule has 0 saturated heterocycles. The average Bonchev–Trinajstić information content (AvgIpc) is 2.18. The van der Waals surface area contributed by atoms with Crippen molar-refractivity contribution in [2.45, 2.75) is 52.1 Å². The standard InChI is InChI=1S/C12H26N2O2/c1-6-8-14(5)10(3)9-12(4,11(15)16)13-7-2/h10,13H,6-9H2,1-5H3,(H,15,16). The Hall–Kier alpha value is -0.610. The van der Waals surface area contributed by atoms with E-state index in [0.29, 0.717) is 13.0 Å². The van der Waals surface area contributed by atoms with E-state index in [1.807, 2.05) is 14.0 Å². The summed E-state index contributed by atoms with van der Waals surface area (Å²) in [6.45, 7) is 9.57. The second-order valence-electron chi connectivity index (χ2n) is 4.70. The van der Waals surface area contributed by atoms with Crippen molar-refractivity contribution in [3.05, 3.63) is 0 Å². The van der Waals surface area contributed by atoms with E-state index in [0.717, 1.165) is 13.0 Å². The largest absolute Gasteiger partial charge is 0.480 e. The molecule has 0 aromatic rings. The van der Waals surface area contributed by atoms with Crippen LogP contribution < -0.4 is 5.32 Å². The topological polar surface area (TPSA) is 52.6 Å². The van der Waals surface area contributed by atoms with Crippen molar-refractivity contribution in [2.75, 3.05) is 20.1 Å². The highest BCUT2D eigenvalue weighted by molar-refractivity contribution is 5.78. The smallest absolute Gasteiger partial charge is 0.323 e. The van der Waals surface area contributed by atoms with Gasteiger partial charge in [-0.05, 0) is 46.8 Å². The third kappa shape index (κ3) is 4.49. The maximum atomic E-state index is 11.2. The fraction of sp³-hybridized carbons (Fsp3) is 0.917. The van der Waals surface area contributed by atoms with Gasteiger partial charge in [0.1, 0.15) is 5.54 Å². The highest BCUT2D eigenvalue weighted by atomic mass is 16.4. The lowest BCUT2D eigenvalue weighted by Crippen LogP contribution is -2.53. The van der Waals surface area contributed by atoms with Gasteiger partial charge < -0.3 is 15.3 Å². The van der Waals surface area contributed by atoms with Crippen LogP contribution in [0.25, 0.3) is 0 Å². The van der Waals surface area contributed by atoms with Crippen molar-refractivity contribution in [3.63, 3.8) is 0 Å². The van der Waals surface area contributed by atoms with Gasteiger partial charge in [0.15, 0.2) is 0 Å². The first-order chi connectivity index (χ1) is 7.37. The predicted molar refractivity (Wildman–Crippen MR) is 66.7 cm³/mol. The number of aliphatic carboxylic acids is 1. The molecule has 96 valence electrons. The number of carboxylic acid groups (broad SMARTS) is 1. The summed E-state index contributed by atoms with van der Waals surface area (Å²) in [5, 5.41) is 12.3. The van der Waals surface area contributed by atoms with Gasteiger partial charge in [-0.1, -0.05) is 13.8 Å². The molecule has 0 spiro atoms. The molecule has 0 radical (unpaired) electrons. The monoisotopic (exact) mass is 230 g/mol. The maximum Gasteiger partial charge on any atom is 0.323 e. The summed E-state index contributed by atoms with van der Waals surface area (Å²) in [4.78, 5) is 13.5. The molecule has 0 aromatic carbocycles. The number of rotatable bonds is 8. The maximum absolute atomic E-state index is 11.2. The van der Waals surface area contributed by atoms with Gasteiger partial charge in [0, 0.05) is 6.04 Å². The van der Waals surface area contributed by atoms with Gasteiger partial charge >= 0.3 is 5.97 Å². The van der Waals surface area contributed by atoms with Gasteiger partial charge in [0.2, 0.25) is 0 Å². The van der Waals surface area contributed by atoms with Crippen molar-refractivity contribution in [3.8, 4) is 0 Å². The Morgan fingerprint density at radius 3 is 2.44 bits per heavy atom. The molecule has 0 aromatic heterocycles. The summed E-state index contributed by atoms with van der Waals surface area (Å²) >= 11 is 0. The minimum Gasteiger partial charge on any atom is -0.480 e. The van der Waals surface area contributed by atoms with E-state index in [2.05, 4.69) is 24.1 Å². The van der Waals surface area contributed by atoms with Crippen LogP contribution in [0.5, 0.6) is 0 Å². The fourth-order valence-electron chi connectivity index (χ4n) is 1.95. The first-order valence-corrected chi connectivity index (χ1v) is 6.06. The molecule has 0 amide bonds. The van der Waals surface area contributed by atoms with E-state index >= 15 is 0 Å². The van der Waals surface area contributed by atoms with Crippen molar-refractivity contribution < 1.29 is 9.90 Å². The minimum absolute atomic E-state index is 0.264. The number of carbonyl (C=O) groups is 1. The molecule has 0 saturated carbocycles. The second-order valence-corrected chi connectivity index (χ2v) is 4.70. The third-order valence-corrected chi connectivity index (χ3v) is 3.07. The zero-order valence-corrected chi connectivity index (χ0v) is 11.2. The number of carboxylic acids is 1. The van der Waals surface area contributed by atoms with Crippen LogP contribution in [0.4, 0.5) is 0 Å².